The largest absolute Gasteiger partial charge is 0.497 e. The predicted octanol–water partition coefficient (Wildman–Crippen LogP) is 5.33. The highest BCUT2D eigenvalue weighted by atomic mass is 19.4. The minimum Gasteiger partial charge on any atom is -0.497 e. The van der Waals surface area contributed by atoms with Crippen molar-refractivity contribution < 1.29 is 46.1 Å². The standard InChI is InChI=1S/C34H42F5N3O5/c1-6-8-29(42(4)33(45)20(3)18-34(37,38)39)32(44)41-28(14-21-12-22(35)15-23(36)13-21)30(43)19-40-27-17-31(47-11-7-2)25-10-9-24(46-5)16-26(25)27/h6-7,9-10,12-13,15-16,20,27-31,40,43H,1-2,8,11,14,17-19H2,3-5H3,(H,41,44)/t20?,27-,28-,29-,30-,31+/m0/s1. The smallest absolute Gasteiger partial charge is 0.389 e. The number of aliphatic hydroxyl groups excluding tert-OH is 1. The molecule has 3 rings (SSSR count). The maximum absolute atomic E-state index is 14.1. The van der Waals surface area contributed by atoms with Gasteiger partial charge in [-0.3, -0.25) is 9.59 Å². The van der Waals surface area contributed by atoms with E-state index in [9.17, 15) is 36.6 Å². The molecule has 1 aliphatic carbocycles. The molecule has 0 aromatic heterocycles. The van der Waals surface area contributed by atoms with Crippen LogP contribution in [0.4, 0.5) is 22.0 Å². The molecule has 0 spiro atoms. The summed E-state index contributed by atoms with van der Waals surface area (Å²) in [5.74, 6) is -4.22. The fourth-order valence-corrected chi connectivity index (χ4v) is 5.76. The Morgan fingerprint density at radius 1 is 1.11 bits per heavy atom. The Labute approximate surface area is 271 Å². The molecule has 258 valence electrons. The second kappa shape index (κ2) is 16.8. The van der Waals surface area contributed by atoms with Gasteiger partial charge in [0.1, 0.15) is 23.4 Å². The Kier molecular flexibility index (Phi) is 13.5. The summed E-state index contributed by atoms with van der Waals surface area (Å²) in [6.07, 6.45) is -4.35. The molecule has 0 aliphatic heterocycles. The average Bonchev–Trinajstić information content (AvgIpc) is 3.35. The molecular weight excluding hydrogens is 625 g/mol. The highest BCUT2D eigenvalue weighted by Gasteiger charge is 2.38. The number of halogens is 5. The number of aliphatic hydroxyl groups is 1. The number of nitrogens with one attached hydrogen (secondary N) is 2. The summed E-state index contributed by atoms with van der Waals surface area (Å²) in [6.45, 7) is 8.65. The number of amides is 2. The van der Waals surface area contributed by atoms with Gasteiger partial charge < -0.3 is 30.1 Å². The minimum atomic E-state index is -4.59. The van der Waals surface area contributed by atoms with Crippen LogP contribution in [-0.4, -0.2) is 73.5 Å². The van der Waals surface area contributed by atoms with Crippen molar-refractivity contribution in [1.82, 2.24) is 15.5 Å². The highest BCUT2D eigenvalue weighted by Crippen LogP contribution is 2.42. The van der Waals surface area contributed by atoms with Gasteiger partial charge in [0.15, 0.2) is 0 Å². The number of hydrogen-bond donors (Lipinski definition) is 3. The summed E-state index contributed by atoms with van der Waals surface area (Å²) in [6, 6.07) is 5.72. The molecule has 0 saturated carbocycles. The van der Waals surface area contributed by atoms with Crippen molar-refractivity contribution in [2.45, 2.75) is 69.1 Å². The van der Waals surface area contributed by atoms with Gasteiger partial charge in [-0.15, -0.1) is 13.2 Å². The Morgan fingerprint density at radius 3 is 2.38 bits per heavy atom. The molecule has 0 heterocycles. The molecule has 0 bridgehead atoms. The molecule has 0 fully saturated rings. The Morgan fingerprint density at radius 2 is 1.79 bits per heavy atom. The van der Waals surface area contributed by atoms with Crippen molar-refractivity contribution in [2.24, 2.45) is 5.92 Å². The number of benzene rings is 2. The van der Waals surface area contributed by atoms with Gasteiger partial charge in [-0.2, -0.15) is 13.2 Å². The van der Waals surface area contributed by atoms with Crippen LogP contribution in [0.5, 0.6) is 5.75 Å². The Hall–Kier alpha value is -3.81. The van der Waals surface area contributed by atoms with Crippen LogP contribution in [0.3, 0.4) is 0 Å². The number of methoxy groups -OCH3 is 1. The molecule has 3 N–H and O–H groups in total. The first-order valence-corrected chi connectivity index (χ1v) is 15.2. The molecule has 0 radical (unpaired) electrons. The fraction of sp³-hybridized carbons (Fsp3) is 0.471. The monoisotopic (exact) mass is 667 g/mol. The molecular formula is C34H42F5N3O5. The lowest BCUT2D eigenvalue weighted by atomic mass is 9.98. The van der Waals surface area contributed by atoms with Crippen molar-refractivity contribution in [3.8, 4) is 5.75 Å². The van der Waals surface area contributed by atoms with Gasteiger partial charge in [0.25, 0.3) is 0 Å². The van der Waals surface area contributed by atoms with Gasteiger partial charge in [0.05, 0.1) is 38.4 Å². The lowest BCUT2D eigenvalue weighted by Crippen LogP contribution is -2.55. The molecule has 0 saturated heterocycles. The summed E-state index contributed by atoms with van der Waals surface area (Å²) in [4.78, 5) is 27.4. The van der Waals surface area contributed by atoms with Gasteiger partial charge in [-0.1, -0.05) is 25.1 Å². The third-order valence-electron chi connectivity index (χ3n) is 8.09. The number of ether oxygens (including phenoxy) is 2. The number of likely N-dealkylation sites (N-methyl/N-ethyl adjacent to an activating group) is 1. The van der Waals surface area contributed by atoms with Crippen LogP contribution in [0, 0.1) is 17.6 Å². The zero-order valence-electron chi connectivity index (χ0n) is 26.7. The maximum atomic E-state index is 14.1. The quantitative estimate of drug-likeness (QED) is 0.156. The van der Waals surface area contributed by atoms with E-state index in [1.165, 1.54) is 13.1 Å². The van der Waals surface area contributed by atoms with E-state index in [4.69, 9.17) is 9.47 Å². The van der Waals surface area contributed by atoms with Crippen LogP contribution < -0.4 is 15.4 Å². The van der Waals surface area contributed by atoms with E-state index in [1.54, 1.807) is 13.2 Å². The van der Waals surface area contributed by atoms with Crippen LogP contribution in [0.25, 0.3) is 0 Å². The number of nitrogens with zero attached hydrogens (tertiary/aromatic N) is 1. The van der Waals surface area contributed by atoms with E-state index in [0.717, 1.165) is 35.1 Å². The number of alkyl halides is 3. The first-order chi connectivity index (χ1) is 22.2. The fourth-order valence-electron chi connectivity index (χ4n) is 5.76. The van der Waals surface area contributed by atoms with E-state index < -0.39 is 60.2 Å². The predicted molar refractivity (Wildman–Crippen MR) is 166 cm³/mol. The van der Waals surface area contributed by atoms with Crippen LogP contribution in [0.2, 0.25) is 0 Å². The average molecular weight is 668 g/mol. The number of carbonyl (C=O) groups excluding carboxylic acids is 2. The molecule has 6 atom stereocenters. The van der Waals surface area contributed by atoms with Gasteiger partial charge in [-0.25, -0.2) is 8.78 Å². The number of hydrogen-bond acceptors (Lipinski definition) is 6. The number of fused-ring (bicyclic) bond motifs is 1. The Balaban J connectivity index is 1.83. The van der Waals surface area contributed by atoms with Crippen molar-refractivity contribution in [2.75, 3.05) is 27.3 Å². The van der Waals surface area contributed by atoms with E-state index in [0.29, 0.717) is 24.8 Å². The molecule has 8 nitrogen and oxygen atoms in total. The summed E-state index contributed by atoms with van der Waals surface area (Å²) in [7, 11) is 2.76. The maximum Gasteiger partial charge on any atom is 0.389 e. The van der Waals surface area contributed by atoms with Crippen molar-refractivity contribution in [3.05, 3.63) is 90.0 Å². The van der Waals surface area contributed by atoms with Crippen LogP contribution >= 0.6 is 0 Å². The first-order valence-electron chi connectivity index (χ1n) is 15.2. The van der Waals surface area contributed by atoms with Gasteiger partial charge in [0.2, 0.25) is 11.8 Å². The first kappa shape index (κ1) is 37.6. The van der Waals surface area contributed by atoms with Crippen LogP contribution in [0.15, 0.2) is 61.7 Å². The van der Waals surface area contributed by atoms with Crippen LogP contribution in [-0.2, 0) is 20.7 Å². The molecule has 47 heavy (non-hydrogen) atoms. The normalized spacial score (nSPS) is 18.4. The summed E-state index contributed by atoms with van der Waals surface area (Å²) >= 11 is 0. The third-order valence-corrected chi connectivity index (χ3v) is 8.09. The molecule has 13 heteroatoms. The van der Waals surface area contributed by atoms with Crippen molar-refractivity contribution >= 4 is 11.8 Å². The third kappa shape index (κ3) is 10.6. The van der Waals surface area contributed by atoms with E-state index in [1.807, 2.05) is 18.2 Å². The molecule has 1 aliphatic rings. The molecule has 1 unspecified atom stereocenters. The van der Waals surface area contributed by atoms with Gasteiger partial charge in [0, 0.05) is 31.6 Å². The molecule has 2 amide bonds. The lowest BCUT2D eigenvalue weighted by molar-refractivity contribution is -0.159. The van der Waals surface area contributed by atoms with Crippen LogP contribution in [0.1, 0.15) is 55.0 Å². The Bertz CT molecular complexity index is 1380. The number of carbonyl (C=O) groups is 2. The highest BCUT2D eigenvalue weighted by molar-refractivity contribution is 5.88. The minimum absolute atomic E-state index is 0.0816. The molecule has 2 aromatic rings. The van der Waals surface area contributed by atoms with E-state index in [2.05, 4.69) is 23.8 Å². The SMILES string of the molecule is C=CCO[C@@H]1C[C@H](NC[C@H](O)[C@H](Cc2cc(F)cc(F)c2)NC(=O)[C@H](CC=C)N(C)C(=O)C(C)CC(F)(F)F)c2cc(OC)ccc21. The van der Waals surface area contributed by atoms with Crippen molar-refractivity contribution in [3.63, 3.8) is 0 Å². The number of rotatable bonds is 17. The zero-order valence-corrected chi connectivity index (χ0v) is 26.7. The second-order valence-electron chi connectivity index (χ2n) is 11.7. The van der Waals surface area contributed by atoms with Gasteiger partial charge >= 0.3 is 6.18 Å². The summed E-state index contributed by atoms with van der Waals surface area (Å²) in [5.41, 5.74) is 1.96. The second-order valence-corrected chi connectivity index (χ2v) is 11.7. The topological polar surface area (TPSA) is 100 Å². The summed E-state index contributed by atoms with van der Waals surface area (Å²) in [5, 5.41) is 17.3. The summed E-state index contributed by atoms with van der Waals surface area (Å²) < 4.78 is 78.4. The lowest BCUT2D eigenvalue weighted by Gasteiger charge is -2.32. The van der Waals surface area contributed by atoms with Gasteiger partial charge in [-0.05, 0) is 60.2 Å². The molecule has 2 aromatic carbocycles. The zero-order chi connectivity index (χ0) is 34.9. The van der Waals surface area contributed by atoms with Crippen molar-refractivity contribution in [1.29, 1.82) is 0 Å². The van der Waals surface area contributed by atoms with E-state index in [-0.39, 0.29) is 37.1 Å². The van der Waals surface area contributed by atoms with E-state index >= 15 is 0 Å².